The van der Waals surface area contributed by atoms with Gasteiger partial charge in [0.15, 0.2) is 0 Å². The standard InChI is InChI=1S/C14H29NO2/c1-12(2)9-10(14(5,6)17-12)11(16)13(3,4)15(7)8/h10-11,16H,9H2,1-8H3. The van der Waals surface area contributed by atoms with E-state index in [1.165, 1.54) is 0 Å². The van der Waals surface area contributed by atoms with Crippen LogP contribution in [0, 0.1) is 5.92 Å². The zero-order valence-electron chi connectivity index (χ0n) is 12.7. The van der Waals surface area contributed by atoms with Crippen molar-refractivity contribution < 1.29 is 9.84 Å². The molecule has 1 rings (SSSR count). The van der Waals surface area contributed by atoms with Gasteiger partial charge in [0.1, 0.15) is 0 Å². The van der Waals surface area contributed by atoms with Crippen LogP contribution in [0.4, 0.5) is 0 Å². The average Bonchev–Trinajstić information content (AvgIpc) is 2.32. The number of ether oxygens (including phenoxy) is 1. The molecular weight excluding hydrogens is 214 g/mol. The van der Waals surface area contributed by atoms with E-state index in [1.54, 1.807) is 0 Å². The Labute approximate surface area is 106 Å². The Bertz CT molecular complexity index is 282. The van der Waals surface area contributed by atoms with E-state index in [-0.39, 0.29) is 22.7 Å². The summed E-state index contributed by atoms with van der Waals surface area (Å²) in [6, 6.07) is 0. The zero-order chi connectivity index (χ0) is 13.6. The van der Waals surface area contributed by atoms with Crippen molar-refractivity contribution in [3.05, 3.63) is 0 Å². The van der Waals surface area contributed by atoms with Gasteiger partial charge in [-0.25, -0.2) is 0 Å². The molecule has 2 unspecified atom stereocenters. The molecule has 0 saturated carbocycles. The monoisotopic (exact) mass is 243 g/mol. The molecule has 1 saturated heterocycles. The molecule has 1 aliphatic rings. The maximum Gasteiger partial charge on any atom is 0.0774 e. The smallest absolute Gasteiger partial charge is 0.0774 e. The summed E-state index contributed by atoms with van der Waals surface area (Å²) in [5.41, 5.74) is -0.653. The fourth-order valence-electron chi connectivity index (χ4n) is 2.85. The number of nitrogens with zero attached hydrogens (tertiary/aromatic N) is 1. The van der Waals surface area contributed by atoms with Crippen LogP contribution in [-0.2, 0) is 4.74 Å². The van der Waals surface area contributed by atoms with Crippen LogP contribution in [-0.4, -0.2) is 46.9 Å². The molecule has 1 N–H and O–H groups in total. The summed E-state index contributed by atoms with van der Waals surface area (Å²) in [5.74, 6) is 0.162. The number of aliphatic hydroxyl groups is 1. The van der Waals surface area contributed by atoms with Crippen molar-refractivity contribution in [3.8, 4) is 0 Å². The Hall–Kier alpha value is -0.120. The normalized spacial score (nSPS) is 29.6. The molecule has 1 fully saturated rings. The van der Waals surface area contributed by atoms with Crippen LogP contribution in [0.3, 0.4) is 0 Å². The summed E-state index contributed by atoms with van der Waals surface area (Å²) in [6.07, 6.45) is 0.507. The van der Waals surface area contributed by atoms with Gasteiger partial charge in [-0.1, -0.05) is 0 Å². The number of aliphatic hydroxyl groups excluding tert-OH is 1. The van der Waals surface area contributed by atoms with Gasteiger partial charge in [-0.15, -0.1) is 0 Å². The van der Waals surface area contributed by atoms with Crippen molar-refractivity contribution in [3.63, 3.8) is 0 Å². The predicted molar refractivity (Wildman–Crippen MR) is 71.1 cm³/mol. The molecule has 17 heavy (non-hydrogen) atoms. The molecule has 0 radical (unpaired) electrons. The van der Waals surface area contributed by atoms with E-state index in [0.29, 0.717) is 0 Å². The highest BCUT2D eigenvalue weighted by molar-refractivity contribution is 5.03. The summed E-state index contributed by atoms with van der Waals surface area (Å²) in [6.45, 7) is 12.5. The molecule has 0 bridgehead atoms. The third kappa shape index (κ3) is 2.83. The van der Waals surface area contributed by atoms with Crippen molar-refractivity contribution >= 4 is 0 Å². The second-order valence-electron chi connectivity index (χ2n) is 7.27. The lowest BCUT2D eigenvalue weighted by molar-refractivity contribution is -0.105. The van der Waals surface area contributed by atoms with E-state index in [1.807, 2.05) is 14.1 Å². The minimum atomic E-state index is -0.394. The molecule has 3 nitrogen and oxygen atoms in total. The lowest BCUT2D eigenvalue weighted by Gasteiger charge is -2.43. The van der Waals surface area contributed by atoms with Crippen LogP contribution < -0.4 is 0 Å². The molecule has 1 heterocycles. The van der Waals surface area contributed by atoms with Crippen LogP contribution in [0.2, 0.25) is 0 Å². The molecule has 2 atom stereocenters. The van der Waals surface area contributed by atoms with E-state index in [4.69, 9.17) is 4.74 Å². The van der Waals surface area contributed by atoms with Gasteiger partial charge in [0, 0.05) is 11.5 Å². The zero-order valence-corrected chi connectivity index (χ0v) is 12.7. The Morgan fingerprint density at radius 2 is 1.71 bits per heavy atom. The van der Waals surface area contributed by atoms with Gasteiger partial charge in [0.25, 0.3) is 0 Å². The molecule has 3 heteroatoms. The molecule has 0 spiro atoms. The van der Waals surface area contributed by atoms with Crippen LogP contribution in [0.15, 0.2) is 0 Å². The fraction of sp³-hybridized carbons (Fsp3) is 1.00. The first-order chi connectivity index (χ1) is 7.40. The summed E-state index contributed by atoms with van der Waals surface area (Å²) < 4.78 is 6.07. The fourth-order valence-corrected chi connectivity index (χ4v) is 2.85. The van der Waals surface area contributed by atoms with Gasteiger partial charge in [-0.05, 0) is 62.1 Å². The predicted octanol–water partition coefficient (Wildman–Crippen LogP) is 2.28. The third-order valence-corrected chi connectivity index (χ3v) is 4.40. The molecule has 0 aromatic carbocycles. The number of rotatable bonds is 3. The van der Waals surface area contributed by atoms with E-state index in [9.17, 15) is 5.11 Å². The molecule has 1 aliphatic heterocycles. The number of likely N-dealkylation sites (N-methyl/N-ethyl adjacent to an activating group) is 1. The largest absolute Gasteiger partial charge is 0.391 e. The van der Waals surface area contributed by atoms with Crippen LogP contribution in [0.25, 0.3) is 0 Å². The maximum atomic E-state index is 10.7. The van der Waals surface area contributed by atoms with E-state index in [0.717, 1.165) is 6.42 Å². The maximum absolute atomic E-state index is 10.7. The molecule has 0 aromatic heterocycles. The minimum absolute atomic E-state index is 0.141. The Balaban J connectivity index is 2.94. The number of hydrogen-bond donors (Lipinski definition) is 1. The lowest BCUT2D eigenvalue weighted by atomic mass is 9.76. The van der Waals surface area contributed by atoms with Gasteiger partial charge >= 0.3 is 0 Å². The van der Waals surface area contributed by atoms with Gasteiger partial charge in [0.05, 0.1) is 17.3 Å². The Kier molecular flexibility index (Phi) is 3.70. The lowest BCUT2D eigenvalue weighted by Crippen LogP contribution is -2.54. The summed E-state index contributed by atoms with van der Waals surface area (Å²) in [4.78, 5) is 2.08. The van der Waals surface area contributed by atoms with Crippen molar-refractivity contribution in [2.45, 2.75) is 70.8 Å². The highest BCUT2D eigenvalue weighted by Crippen LogP contribution is 2.45. The second-order valence-corrected chi connectivity index (χ2v) is 7.27. The third-order valence-electron chi connectivity index (χ3n) is 4.40. The van der Waals surface area contributed by atoms with Gasteiger partial charge in [0.2, 0.25) is 0 Å². The second kappa shape index (κ2) is 4.22. The first-order valence-electron chi connectivity index (χ1n) is 6.46. The molecule has 0 amide bonds. The van der Waals surface area contributed by atoms with E-state index in [2.05, 4.69) is 46.4 Å². The quantitative estimate of drug-likeness (QED) is 0.825. The summed E-state index contributed by atoms with van der Waals surface area (Å²) in [5, 5.41) is 10.7. The van der Waals surface area contributed by atoms with Crippen molar-refractivity contribution in [1.29, 1.82) is 0 Å². The Morgan fingerprint density at radius 3 is 2.00 bits per heavy atom. The van der Waals surface area contributed by atoms with Crippen LogP contribution >= 0.6 is 0 Å². The molecule has 0 aromatic rings. The van der Waals surface area contributed by atoms with Crippen LogP contribution in [0.1, 0.15) is 48.0 Å². The van der Waals surface area contributed by atoms with E-state index < -0.39 is 6.10 Å². The Morgan fingerprint density at radius 1 is 1.24 bits per heavy atom. The summed E-state index contributed by atoms with van der Waals surface area (Å²) in [7, 11) is 4.02. The first kappa shape index (κ1) is 14.9. The van der Waals surface area contributed by atoms with Crippen molar-refractivity contribution in [2.75, 3.05) is 14.1 Å². The highest BCUT2D eigenvalue weighted by Gasteiger charge is 2.52. The molecule has 0 aliphatic carbocycles. The summed E-state index contributed by atoms with van der Waals surface area (Å²) >= 11 is 0. The SMILES string of the molecule is CN(C)C(C)(C)C(O)C1CC(C)(C)OC1(C)C. The average molecular weight is 243 g/mol. The minimum Gasteiger partial charge on any atom is -0.391 e. The van der Waals surface area contributed by atoms with Gasteiger partial charge < -0.3 is 14.7 Å². The molecular formula is C14H29NO2. The van der Waals surface area contributed by atoms with Crippen molar-refractivity contribution in [1.82, 2.24) is 4.90 Å². The molecule has 102 valence electrons. The van der Waals surface area contributed by atoms with Crippen LogP contribution in [0.5, 0.6) is 0 Å². The van der Waals surface area contributed by atoms with Gasteiger partial charge in [-0.2, -0.15) is 0 Å². The first-order valence-corrected chi connectivity index (χ1v) is 6.46. The van der Waals surface area contributed by atoms with Gasteiger partial charge in [-0.3, -0.25) is 0 Å². The topological polar surface area (TPSA) is 32.7 Å². The number of hydrogen-bond acceptors (Lipinski definition) is 3. The highest BCUT2D eigenvalue weighted by atomic mass is 16.5. The van der Waals surface area contributed by atoms with Crippen molar-refractivity contribution in [2.24, 2.45) is 5.92 Å². The van der Waals surface area contributed by atoms with E-state index >= 15 is 0 Å².